The van der Waals surface area contributed by atoms with Crippen LogP contribution in [-0.4, -0.2) is 39.5 Å². The van der Waals surface area contributed by atoms with Crippen LogP contribution in [0.4, 0.5) is 5.69 Å². The van der Waals surface area contributed by atoms with Gasteiger partial charge in [-0.25, -0.2) is 0 Å². The molecule has 0 radical (unpaired) electrons. The van der Waals surface area contributed by atoms with Gasteiger partial charge >= 0.3 is 0 Å². The third-order valence-electron chi connectivity index (χ3n) is 3.35. The van der Waals surface area contributed by atoms with E-state index in [0.717, 1.165) is 17.1 Å². The average Bonchev–Trinajstić information content (AvgIpc) is 2.95. The molecule has 2 heterocycles. The van der Waals surface area contributed by atoms with Gasteiger partial charge in [0.1, 0.15) is 5.76 Å². The second-order valence-electron chi connectivity index (χ2n) is 5.20. The quantitative estimate of drug-likeness (QED) is 0.829. The zero-order chi connectivity index (χ0) is 14.7. The SMILES string of the molecule is Cc1nn(CC(O)CN(C)Cc2ccco2)c(C)c1N. The van der Waals surface area contributed by atoms with Gasteiger partial charge in [-0.15, -0.1) is 0 Å². The second kappa shape index (κ2) is 6.11. The lowest BCUT2D eigenvalue weighted by molar-refractivity contribution is 0.100. The van der Waals surface area contributed by atoms with E-state index in [2.05, 4.69) is 5.10 Å². The summed E-state index contributed by atoms with van der Waals surface area (Å²) in [6.45, 7) is 5.43. The molecular formula is C14H22N4O2. The fourth-order valence-electron chi connectivity index (χ4n) is 2.24. The lowest BCUT2D eigenvalue weighted by atomic mass is 10.3. The van der Waals surface area contributed by atoms with E-state index in [1.54, 1.807) is 10.9 Å². The van der Waals surface area contributed by atoms with E-state index in [-0.39, 0.29) is 0 Å². The maximum atomic E-state index is 10.2. The van der Waals surface area contributed by atoms with Crippen molar-refractivity contribution in [2.45, 2.75) is 33.0 Å². The van der Waals surface area contributed by atoms with Crippen molar-refractivity contribution in [3.05, 3.63) is 35.5 Å². The molecule has 0 saturated heterocycles. The number of aliphatic hydroxyl groups is 1. The Balaban J connectivity index is 1.88. The van der Waals surface area contributed by atoms with E-state index in [9.17, 15) is 5.11 Å². The average molecular weight is 278 g/mol. The number of nitrogen functional groups attached to an aromatic ring is 1. The standard InChI is InChI=1S/C14H22N4O2/c1-10-14(15)11(2)18(16-10)8-12(19)7-17(3)9-13-5-4-6-20-13/h4-6,12,19H,7-9,15H2,1-3H3. The van der Waals surface area contributed by atoms with Crippen LogP contribution in [0, 0.1) is 13.8 Å². The number of furan rings is 1. The van der Waals surface area contributed by atoms with Crippen LogP contribution < -0.4 is 5.73 Å². The Morgan fingerprint density at radius 2 is 2.25 bits per heavy atom. The molecule has 2 rings (SSSR count). The topological polar surface area (TPSA) is 80.5 Å². The zero-order valence-corrected chi connectivity index (χ0v) is 12.2. The molecule has 1 unspecified atom stereocenters. The zero-order valence-electron chi connectivity index (χ0n) is 12.2. The van der Waals surface area contributed by atoms with Crippen LogP contribution in [0.25, 0.3) is 0 Å². The van der Waals surface area contributed by atoms with Gasteiger partial charge in [0.2, 0.25) is 0 Å². The molecule has 110 valence electrons. The van der Waals surface area contributed by atoms with Crippen LogP contribution in [0.15, 0.2) is 22.8 Å². The molecule has 0 spiro atoms. The lowest BCUT2D eigenvalue weighted by Gasteiger charge is -2.20. The van der Waals surface area contributed by atoms with Crippen LogP contribution in [0.2, 0.25) is 0 Å². The van der Waals surface area contributed by atoms with Gasteiger partial charge in [-0.3, -0.25) is 9.58 Å². The van der Waals surface area contributed by atoms with E-state index < -0.39 is 6.10 Å². The Morgan fingerprint density at radius 3 is 2.80 bits per heavy atom. The van der Waals surface area contributed by atoms with Crippen molar-refractivity contribution in [1.82, 2.24) is 14.7 Å². The Bertz CT molecular complexity index is 548. The van der Waals surface area contributed by atoms with Gasteiger partial charge in [-0.2, -0.15) is 5.10 Å². The first-order chi connectivity index (χ1) is 9.47. The van der Waals surface area contributed by atoms with Crippen molar-refractivity contribution in [2.75, 3.05) is 19.3 Å². The van der Waals surface area contributed by atoms with E-state index in [1.165, 1.54) is 0 Å². The van der Waals surface area contributed by atoms with Crippen molar-refractivity contribution >= 4 is 5.69 Å². The molecule has 20 heavy (non-hydrogen) atoms. The van der Waals surface area contributed by atoms with Gasteiger partial charge in [0.25, 0.3) is 0 Å². The van der Waals surface area contributed by atoms with Crippen molar-refractivity contribution < 1.29 is 9.52 Å². The fraction of sp³-hybridized carbons (Fsp3) is 0.500. The maximum absolute atomic E-state index is 10.2. The highest BCUT2D eigenvalue weighted by molar-refractivity contribution is 5.46. The summed E-state index contributed by atoms with van der Waals surface area (Å²) in [6.07, 6.45) is 1.14. The second-order valence-corrected chi connectivity index (χ2v) is 5.20. The van der Waals surface area contributed by atoms with Crippen molar-refractivity contribution in [1.29, 1.82) is 0 Å². The number of rotatable bonds is 6. The van der Waals surface area contributed by atoms with Crippen LogP contribution in [0.5, 0.6) is 0 Å². The summed E-state index contributed by atoms with van der Waals surface area (Å²) in [4.78, 5) is 2.01. The van der Waals surface area contributed by atoms with Crippen molar-refractivity contribution in [3.63, 3.8) is 0 Å². The summed E-state index contributed by atoms with van der Waals surface area (Å²) < 4.78 is 7.04. The highest BCUT2D eigenvalue weighted by atomic mass is 16.3. The van der Waals surface area contributed by atoms with E-state index >= 15 is 0 Å². The number of aromatic nitrogens is 2. The van der Waals surface area contributed by atoms with Crippen molar-refractivity contribution in [2.24, 2.45) is 0 Å². The van der Waals surface area contributed by atoms with E-state index in [1.807, 2.05) is 37.9 Å². The number of hydrogen-bond acceptors (Lipinski definition) is 5. The van der Waals surface area contributed by atoms with Crippen LogP contribution in [0.3, 0.4) is 0 Å². The minimum absolute atomic E-state index is 0.437. The van der Waals surface area contributed by atoms with E-state index in [0.29, 0.717) is 25.3 Å². The molecule has 1 atom stereocenters. The molecule has 0 fully saturated rings. The molecule has 0 aliphatic heterocycles. The number of anilines is 1. The molecule has 6 nitrogen and oxygen atoms in total. The molecule has 0 aliphatic rings. The predicted molar refractivity (Wildman–Crippen MR) is 77.2 cm³/mol. The Labute approximate surface area is 118 Å². The largest absolute Gasteiger partial charge is 0.468 e. The highest BCUT2D eigenvalue weighted by Gasteiger charge is 2.14. The summed E-state index contributed by atoms with van der Waals surface area (Å²) in [6, 6.07) is 3.78. The first-order valence-electron chi connectivity index (χ1n) is 6.66. The molecule has 0 bridgehead atoms. The third-order valence-corrected chi connectivity index (χ3v) is 3.35. The highest BCUT2D eigenvalue weighted by Crippen LogP contribution is 2.15. The first-order valence-corrected chi connectivity index (χ1v) is 6.66. The molecular weight excluding hydrogens is 256 g/mol. The summed E-state index contributed by atoms with van der Waals surface area (Å²) >= 11 is 0. The van der Waals surface area contributed by atoms with Gasteiger partial charge < -0.3 is 15.3 Å². The predicted octanol–water partition coefficient (Wildman–Crippen LogP) is 1.17. The molecule has 0 aromatic carbocycles. The van der Waals surface area contributed by atoms with Gasteiger partial charge in [0.15, 0.2) is 0 Å². The maximum Gasteiger partial charge on any atom is 0.117 e. The van der Waals surface area contributed by atoms with Gasteiger partial charge in [0, 0.05) is 6.54 Å². The Morgan fingerprint density at radius 1 is 1.50 bits per heavy atom. The van der Waals surface area contributed by atoms with Gasteiger partial charge in [-0.1, -0.05) is 0 Å². The molecule has 2 aromatic rings. The fourth-order valence-corrected chi connectivity index (χ4v) is 2.24. The molecule has 6 heteroatoms. The summed E-state index contributed by atoms with van der Waals surface area (Å²) in [5.41, 5.74) is 8.28. The molecule has 0 aliphatic carbocycles. The minimum atomic E-state index is -0.507. The number of aliphatic hydroxyl groups excluding tert-OH is 1. The monoisotopic (exact) mass is 278 g/mol. The molecule has 0 saturated carbocycles. The Kier molecular flexibility index (Phi) is 4.46. The van der Waals surface area contributed by atoms with Gasteiger partial charge in [-0.05, 0) is 33.0 Å². The number of likely N-dealkylation sites (N-methyl/N-ethyl adjacent to an activating group) is 1. The number of nitrogens with zero attached hydrogens (tertiary/aromatic N) is 3. The summed E-state index contributed by atoms with van der Waals surface area (Å²) in [5.74, 6) is 0.884. The molecule has 3 N–H and O–H groups in total. The van der Waals surface area contributed by atoms with E-state index in [4.69, 9.17) is 10.2 Å². The summed E-state index contributed by atoms with van der Waals surface area (Å²) in [7, 11) is 1.95. The third kappa shape index (κ3) is 3.40. The number of aryl methyl sites for hydroxylation is 1. The first kappa shape index (κ1) is 14.6. The van der Waals surface area contributed by atoms with Gasteiger partial charge in [0.05, 0.1) is 42.5 Å². The van der Waals surface area contributed by atoms with Crippen LogP contribution in [-0.2, 0) is 13.1 Å². The normalized spacial score (nSPS) is 13.1. The lowest BCUT2D eigenvalue weighted by Crippen LogP contribution is -2.32. The number of nitrogens with two attached hydrogens (primary N) is 1. The van der Waals surface area contributed by atoms with Crippen molar-refractivity contribution in [3.8, 4) is 0 Å². The van der Waals surface area contributed by atoms with Crippen LogP contribution >= 0.6 is 0 Å². The molecule has 2 aromatic heterocycles. The number of hydrogen-bond donors (Lipinski definition) is 2. The summed E-state index contributed by atoms with van der Waals surface area (Å²) in [5, 5.41) is 14.5. The Hall–Kier alpha value is -1.79. The van der Waals surface area contributed by atoms with Crippen LogP contribution in [0.1, 0.15) is 17.1 Å². The molecule has 0 amide bonds. The smallest absolute Gasteiger partial charge is 0.117 e. The minimum Gasteiger partial charge on any atom is -0.468 e.